The zero-order valence-corrected chi connectivity index (χ0v) is 15.2. The van der Waals surface area contributed by atoms with Crippen molar-refractivity contribution in [1.29, 1.82) is 0 Å². The third-order valence-corrected chi connectivity index (χ3v) is 4.71. The molecular weight excluding hydrogens is 376 g/mol. The molecule has 0 saturated heterocycles. The molecule has 0 radical (unpaired) electrons. The Bertz CT molecular complexity index is 901. The Labute approximate surface area is 148 Å². The second kappa shape index (κ2) is 6.38. The summed E-state index contributed by atoms with van der Waals surface area (Å²) in [5, 5.41) is 4.61. The van der Waals surface area contributed by atoms with E-state index in [0.717, 1.165) is 37.9 Å². The first-order valence-corrected chi connectivity index (χ1v) is 8.44. The molecule has 1 heterocycles. The monoisotopic (exact) mass is 390 g/mol. The van der Waals surface area contributed by atoms with Crippen LogP contribution in [-0.4, -0.2) is 10.9 Å². The summed E-state index contributed by atoms with van der Waals surface area (Å²) in [6.45, 7) is 3.98. The topological polar surface area (TPSA) is 44.9 Å². The van der Waals surface area contributed by atoms with Crippen LogP contribution in [0.5, 0.6) is 0 Å². The molecule has 5 heteroatoms. The molecule has 3 nitrogen and oxygen atoms in total. The number of carbonyl (C=O) groups is 1. The van der Waals surface area contributed by atoms with Crippen LogP contribution in [0, 0.1) is 13.8 Å². The lowest BCUT2D eigenvalue weighted by Gasteiger charge is -2.08. The van der Waals surface area contributed by atoms with Crippen molar-refractivity contribution < 1.29 is 4.79 Å². The Morgan fingerprint density at radius 3 is 2.74 bits per heavy atom. The van der Waals surface area contributed by atoms with Gasteiger partial charge in [-0.15, -0.1) is 0 Å². The minimum Gasteiger partial charge on any atom is -0.358 e. The lowest BCUT2D eigenvalue weighted by atomic mass is 10.1. The summed E-state index contributed by atoms with van der Waals surface area (Å²) in [7, 11) is 0. The summed E-state index contributed by atoms with van der Waals surface area (Å²) in [5.74, 6) is -0.0569. The number of fused-ring (bicyclic) bond motifs is 1. The summed E-state index contributed by atoms with van der Waals surface area (Å²) >= 11 is 9.56. The Balaban J connectivity index is 1.85. The van der Waals surface area contributed by atoms with Gasteiger partial charge in [-0.1, -0.05) is 17.7 Å². The Morgan fingerprint density at radius 1 is 1.22 bits per heavy atom. The molecular formula is C18H16BrClN2O. The predicted molar refractivity (Wildman–Crippen MR) is 99.3 cm³/mol. The van der Waals surface area contributed by atoms with Gasteiger partial charge in [-0.25, -0.2) is 0 Å². The molecule has 0 atom stereocenters. The summed E-state index contributed by atoms with van der Waals surface area (Å²) < 4.78 is 0.879. The molecule has 0 unspecified atom stereocenters. The number of benzene rings is 2. The van der Waals surface area contributed by atoms with Crippen molar-refractivity contribution >= 4 is 50.0 Å². The van der Waals surface area contributed by atoms with Crippen LogP contribution >= 0.6 is 27.5 Å². The van der Waals surface area contributed by atoms with Crippen molar-refractivity contribution in [2.45, 2.75) is 20.3 Å². The minimum atomic E-state index is -0.0569. The molecule has 2 N–H and O–H groups in total. The van der Waals surface area contributed by atoms with Crippen molar-refractivity contribution in [3.05, 3.63) is 62.7 Å². The first-order chi connectivity index (χ1) is 10.9. The van der Waals surface area contributed by atoms with Gasteiger partial charge in [0.15, 0.2) is 0 Å². The van der Waals surface area contributed by atoms with Gasteiger partial charge in [0.25, 0.3) is 0 Å². The van der Waals surface area contributed by atoms with Crippen molar-refractivity contribution in [2.24, 2.45) is 0 Å². The van der Waals surface area contributed by atoms with E-state index >= 15 is 0 Å². The number of halogens is 2. The summed E-state index contributed by atoms with van der Waals surface area (Å²) in [6, 6.07) is 11.5. The average Bonchev–Trinajstić information content (AvgIpc) is 2.78. The molecule has 0 bridgehead atoms. The molecule has 1 aromatic heterocycles. The number of aryl methyl sites for hydroxylation is 2. The number of H-pyrrole nitrogens is 1. The molecule has 3 aromatic rings. The molecule has 1 amide bonds. The largest absolute Gasteiger partial charge is 0.358 e. The fraction of sp³-hybridized carbons (Fsp3) is 0.167. The number of nitrogens with one attached hydrogen (secondary N) is 2. The van der Waals surface area contributed by atoms with Gasteiger partial charge >= 0.3 is 0 Å². The zero-order chi connectivity index (χ0) is 16.6. The van der Waals surface area contributed by atoms with E-state index < -0.39 is 0 Å². The minimum absolute atomic E-state index is 0.0569. The third-order valence-electron chi connectivity index (χ3n) is 3.82. The fourth-order valence-electron chi connectivity index (χ4n) is 2.66. The lowest BCUT2D eigenvalue weighted by molar-refractivity contribution is -0.115. The van der Waals surface area contributed by atoms with Crippen molar-refractivity contribution in [1.82, 2.24) is 4.98 Å². The van der Waals surface area contributed by atoms with E-state index in [2.05, 4.69) is 26.2 Å². The molecule has 118 valence electrons. The van der Waals surface area contributed by atoms with Crippen LogP contribution in [0.4, 0.5) is 5.69 Å². The number of anilines is 1. The highest BCUT2D eigenvalue weighted by atomic mass is 79.9. The predicted octanol–water partition coefficient (Wildman–Crippen LogP) is 5.38. The standard InChI is InChI=1S/C18H16BrClN2O/c1-10-3-5-17(15(19)7-10)22-18(23)9-13-11(2)21-16-6-4-12(20)8-14(13)16/h3-8,21H,9H2,1-2H3,(H,22,23). The van der Waals surface area contributed by atoms with Crippen LogP contribution in [0.2, 0.25) is 5.02 Å². The van der Waals surface area contributed by atoms with E-state index in [0.29, 0.717) is 11.4 Å². The fourth-order valence-corrected chi connectivity index (χ4v) is 3.42. The van der Waals surface area contributed by atoms with Crippen molar-refractivity contribution in [2.75, 3.05) is 5.32 Å². The van der Waals surface area contributed by atoms with Gasteiger partial charge in [0.2, 0.25) is 5.91 Å². The molecule has 2 aromatic carbocycles. The zero-order valence-electron chi connectivity index (χ0n) is 12.8. The van der Waals surface area contributed by atoms with Gasteiger partial charge in [-0.05, 0) is 71.2 Å². The van der Waals surface area contributed by atoms with Crippen LogP contribution in [0.3, 0.4) is 0 Å². The summed E-state index contributed by atoms with van der Waals surface area (Å²) in [6.07, 6.45) is 0.298. The maximum absolute atomic E-state index is 12.4. The van der Waals surface area contributed by atoms with E-state index in [1.54, 1.807) is 0 Å². The number of hydrogen-bond donors (Lipinski definition) is 2. The molecule has 0 fully saturated rings. The van der Waals surface area contributed by atoms with Crippen LogP contribution in [0.1, 0.15) is 16.8 Å². The number of rotatable bonds is 3. The molecule has 0 aliphatic rings. The molecule has 23 heavy (non-hydrogen) atoms. The molecule has 0 spiro atoms. The average molecular weight is 392 g/mol. The normalized spacial score (nSPS) is 11.0. The van der Waals surface area contributed by atoms with Gasteiger partial charge in [-0.2, -0.15) is 0 Å². The Morgan fingerprint density at radius 2 is 2.00 bits per heavy atom. The van der Waals surface area contributed by atoms with E-state index in [1.165, 1.54) is 0 Å². The molecule has 3 rings (SSSR count). The first kappa shape index (κ1) is 16.1. The quantitative estimate of drug-likeness (QED) is 0.618. The van der Waals surface area contributed by atoms with Crippen LogP contribution < -0.4 is 5.32 Å². The van der Waals surface area contributed by atoms with E-state index in [4.69, 9.17) is 11.6 Å². The lowest BCUT2D eigenvalue weighted by Crippen LogP contribution is -2.15. The number of amides is 1. The van der Waals surface area contributed by atoms with Crippen LogP contribution in [0.15, 0.2) is 40.9 Å². The van der Waals surface area contributed by atoms with Crippen molar-refractivity contribution in [3.63, 3.8) is 0 Å². The number of carbonyl (C=O) groups excluding carboxylic acids is 1. The SMILES string of the molecule is Cc1ccc(NC(=O)Cc2c(C)[nH]c3ccc(Cl)cc23)c(Br)c1. The highest BCUT2D eigenvalue weighted by Gasteiger charge is 2.14. The Kier molecular flexibility index (Phi) is 4.46. The van der Waals surface area contributed by atoms with Crippen LogP contribution in [-0.2, 0) is 11.2 Å². The second-order valence-corrected chi connectivity index (χ2v) is 6.92. The summed E-state index contributed by atoms with van der Waals surface area (Å²) in [5.41, 5.74) is 4.86. The molecule has 0 saturated carbocycles. The van der Waals surface area contributed by atoms with Crippen molar-refractivity contribution in [3.8, 4) is 0 Å². The Hall–Kier alpha value is -1.78. The first-order valence-electron chi connectivity index (χ1n) is 7.27. The van der Waals surface area contributed by atoms with E-state index in [9.17, 15) is 4.79 Å². The number of hydrogen-bond acceptors (Lipinski definition) is 1. The number of aromatic nitrogens is 1. The van der Waals surface area contributed by atoms with E-state index in [1.807, 2.05) is 50.2 Å². The summed E-state index contributed by atoms with van der Waals surface area (Å²) in [4.78, 5) is 15.7. The molecule has 0 aliphatic heterocycles. The van der Waals surface area contributed by atoms with Gasteiger partial charge < -0.3 is 10.3 Å². The third kappa shape index (κ3) is 3.43. The number of aromatic amines is 1. The van der Waals surface area contributed by atoms with Gasteiger partial charge in [0.1, 0.15) is 0 Å². The highest BCUT2D eigenvalue weighted by Crippen LogP contribution is 2.27. The van der Waals surface area contributed by atoms with Gasteiger partial charge in [-0.3, -0.25) is 4.79 Å². The highest BCUT2D eigenvalue weighted by molar-refractivity contribution is 9.10. The smallest absolute Gasteiger partial charge is 0.228 e. The van der Waals surface area contributed by atoms with Crippen LogP contribution in [0.25, 0.3) is 10.9 Å². The maximum atomic E-state index is 12.4. The van der Waals surface area contributed by atoms with Gasteiger partial charge in [0.05, 0.1) is 12.1 Å². The maximum Gasteiger partial charge on any atom is 0.228 e. The molecule has 0 aliphatic carbocycles. The second-order valence-electron chi connectivity index (χ2n) is 5.63. The van der Waals surface area contributed by atoms with Gasteiger partial charge in [0, 0.05) is 26.1 Å². The van der Waals surface area contributed by atoms with E-state index in [-0.39, 0.29) is 5.91 Å².